The van der Waals surface area contributed by atoms with E-state index in [0.29, 0.717) is 25.2 Å². The molecule has 0 aliphatic carbocycles. The number of amides is 2. The Labute approximate surface area is 216 Å². The van der Waals surface area contributed by atoms with Crippen molar-refractivity contribution < 1.29 is 18.0 Å². The summed E-state index contributed by atoms with van der Waals surface area (Å²) < 4.78 is 26.4. The number of hydrogen-bond donors (Lipinski definition) is 1. The zero-order valence-electron chi connectivity index (χ0n) is 22.5. The molecule has 0 aliphatic rings. The third-order valence-corrected chi connectivity index (χ3v) is 7.31. The lowest BCUT2D eigenvalue weighted by molar-refractivity contribution is -0.140. The fourth-order valence-electron chi connectivity index (χ4n) is 4.11. The van der Waals surface area contributed by atoms with Gasteiger partial charge in [0.15, 0.2) is 0 Å². The molecule has 0 radical (unpaired) electrons. The van der Waals surface area contributed by atoms with E-state index in [4.69, 9.17) is 0 Å². The van der Waals surface area contributed by atoms with Gasteiger partial charge in [-0.25, -0.2) is 8.42 Å². The summed E-state index contributed by atoms with van der Waals surface area (Å²) in [5.74, 6) is -0.362. The highest BCUT2D eigenvalue weighted by Crippen LogP contribution is 2.22. The zero-order valence-corrected chi connectivity index (χ0v) is 23.3. The fraction of sp³-hybridized carbons (Fsp3) is 0.500. The molecule has 0 unspecified atom stereocenters. The van der Waals surface area contributed by atoms with E-state index >= 15 is 0 Å². The van der Waals surface area contributed by atoms with Gasteiger partial charge in [0, 0.05) is 26.1 Å². The molecule has 2 rings (SSSR count). The normalized spacial score (nSPS) is 12.2. The van der Waals surface area contributed by atoms with Gasteiger partial charge in [-0.15, -0.1) is 0 Å². The Morgan fingerprint density at radius 1 is 0.944 bits per heavy atom. The Morgan fingerprint density at radius 2 is 1.56 bits per heavy atom. The van der Waals surface area contributed by atoms with Crippen LogP contribution < -0.4 is 9.62 Å². The van der Waals surface area contributed by atoms with E-state index in [0.717, 1.165) is 35.1 Å². The molecule has 0 bridgehead atoms. The number of hydrogen-bond acceptors (Lipinski definition) is 4. The van der Waals surface area contributed by atoms with Crippen molar-refractivity contribution in [1.82, 2.24) is 10.2 Å². The number of benzene rings is 2. The largest absolute Gasteiger partial charge is 0.354 e. The summed E-state index contributed by atoms with van der Waals surface area (Å²) in [6.07, 6.45) is 3.50. The summed E-state index contributed by atoms with van der Waals surface area (Å²) in [5.41, 5.74) is 4.61. The van der Waals surface area contributed by atoms with E-state index in [1.54, 1.807) is 11.8 Å². The number of aryl methyl sites for hydroxylation is 3. The average Bonchev–Trinajstić information content (AvgIpc) is 2.79. The van der Waals surface area contributed by atoms with Crippen molar-refractivity contribution >= 4 is 27.5 Å². The van der Waals surface area contributed by atoms with Crippen LogP contribution in [0.3, 0.4) is 0 Å². The standard InChI is InChI=1S/C28H41N3O4S/c1-7-8-15-29-28(33)24(5)30(20-25-13-11-21(2)12-14-25)27(32)10-9-16-31(36(6,34)35)26-18-22(3)17-23(4)19-26/h11-14,17-19,24H,7-10,15-16,20H2,1-6H3,(H,29,33)/t24-/m1/s1. The minimum atomic E-state index is -3.52. The maximum atomic E-state index is 13.3. The number of unbranched alkanes of at least 4 members (excludes halogenated alkanes) is 1. The number of nitrogens with zero attached hydrogens (tertiary/aromatic N) is 2. The maximum absolute atomic E-state index is 13.3. The molecule has 0 aromatic heterocycles. The lowest BCUT2D eigenvalue weighted by Gasteiger charge is -2.29. The first kappa shape index (κ1) is 29.4. The highest BCUT2D eigenvalue weighted by atomic mass is 32.2. The summed E-state index contributed by atoms with van der Waals surface area (Å²) in [7, 11) is -3.52. The second-order valence-electron chi connectivity index (χ2n) is 9.61. The van der Waals surface area contributed by atoms with Crippen LogP contribution in [0.25, 0.3) is 0 Å². The van der Waals surface area contributed by atoms with Gasteiger partial charge in [-0.3, -0.25) is 13.9 Å². The first-order valence-electron chi connectivity index (χ1n) is 12.6. The monoisotopic (exact) mass is 515 g/mol. The van der Waals surface area contributed by atoms with Gasteiger partial charge in [0.25, 0.3) is 0 Å². The predicted molar refractivity (Wildman–Crippen MR) is 146 cm³/mol. The Balaban J connectivity index is 2.16. The number of nitrogens with one attached hydrogen (secondary N) is 1. The summed E-state index contributed by atoms with van der Waals surface area (Å²) in [6.45, 7) is 10.7. The molecule has 0 aliphatic heterocycles. The van der Waals surface area contributed by atoms with Gasteiger partial charge >= 0.3 is 0 Å². The molecule has 0 heterocycles. The van der Waals surface area contributed by atoms with Gasteiger partial charge in [0.2, 0.25) is 21.8 Å². The molecule has 0 saturated carbocycles. The molecule has 7 nitrogen and oxygen atoms in total. The van der Waals surface area contributed by atoms with Crippen LogP contribution >= 0.6 is 0 Å². The molecular weight excluding hydrogens is 474 g/mol. The average molecular weight is 516 g/mol. The van der Waals surface area contributed by atoms with Gasteiger partial charge in [0.1, 0.15) is 6.04 Å². The third kappa shape index (κ3) is 8.97. The van der Waals surface area contributed by atoms with E-state index in [2.05, 4.69) is 12.2 Å². The Morgan fingerprint density at radius 3 is 2.11 bits per heavy atom. The molecule has 8 heteroatoms. The van der Waals surface area contributed by atoms with Crippen LogP contribution in [-0.2, 0) is 26.2 Å². The second-order valence-corrected chi connectivity index (χ2v) is 11.5. The van der Waals surface area contributed by atoms with E-state index in [9.17, 15) is 18.0 Å². The van der Waals surface area contributed by atoms with Crippen LogP contribution in [0.5, 0.6) is 0 Å². The second kappa shape index (κ2) is 13.4. The minimum Gasteiger partial charge on any atom is -0.354 e. The van der Waals surface area contributed by atoms with E-state index < -0.39 is 16.1 Å². The molecule has 2 aromatic carbocycles. The van der Waals surface area contributed by atoms with Gasteiger partial charge in [-0.1, -0.05) is 49.2 Å². The minimum absolute atomic E-state index is 0.134. The molecule has 2 aromatic rings. The quantitative estimate of drug-likeness (QED) is 0.398. The lowest BCUT2D eigenvalue weighted by Crippen LogP contribution is -2.48. The van der Waals surface area contributed by atoms with Gasteiger partial charge in [-0.05, 0) is 69.4 Å². The molecule has 2 amide bonds. The van der Waals surface area contributed by atoms with Gasteiger partial charge in [-0.2, -0.15) is 0 Å². The highest BCUT2D eigenvalue weighted by Gasteiger charge is 2.26. The van der Waals surface area contributed by atoms with Crippen LogP contribution in [0.4, 0.5) is 5.69 Å². The topological polar surface area (TPSA) is 86.8 Å². The Kier molecular flexibility index (Phi) is 11.0. The van der Waals surface area contributed by atoms with Crippen molar-refractivity contribution in [3.63, 3.8) is 0 Å². The Bertz CT molecular complexity index is 1110. The van der Waals surface area contributed by atoms with Gasteiger partial charge < -0.3 is 10.2 Å². The molecule has 1 atom stereocenters. The van der Waals surface area contributed by atoms with Crippen molar-refractivity contribution in [2.75, 3.05) is 23.7 Å². The number of carbonyl (C=O) groups is 2. The number of anilines is 1. The smallest absolute Gasteiger partial charge is 0.242 e. The van der Waals surface area contributed by atoms with Crippen LogP contribution in [0.2, 0.25) is 0 Å². The first-order chi connectivity index (χ1) is 16.9. The SMILES string of the molecule is CCCCNC(=O)[C@@H](C)N(Cc1ccc(C)cc1)C(=O)CCCN(c1cc(C)cc(C)c1)S(C)(=O)=O. The fourth-order valence-corrected chi connectivity index (χ4v) is 5.06. The first-order valence-corrected chi connectivity index (χ1v) is 14.5. The molecule has 0 fully saturated rings. The van der Waals surface area contributed by atoms with Crippen LogP contribution in [0.1, 0.15) is 61.8 Å². The lowest BCUT2D eigenvalue weighted by atomic mass is 10.1. The predicted octanol–water partition coefficient (Wildman–Crippen LogP) is 4.49. The highest BCUT2D eigenvalue weighted by molar-refractivity contribution is 7.92. The number of carbonyl (C=O) groups excluding carboxylic acids is 2. The van der Waals surface area contributed by atoms with Crippen LogP contribution in [0, 0.1) is 20.8 Å². The third-order valence-electron chi connectivity index (χ3n) is 6.12. The van der Waals surface area contributed by atoms with Crippen molar-refractivity contribution in [2.24, 2.45) is 0 Å². The van der Waals surface area contributed by atoms with Crippen LogP contribution in [0.15, 0.2) is 42.5 Å². The van der Waals surface area contributed by atoms with Crippen molar-refractivity contribution in [3.05, 3.63) is 64.7 Å². The molecule has 1 N–H and O–H groups in total. The molecule has 36 heavy (non-hydrogen) atoms. The summed E-state index contributed by atoms with van der Waals surface area (Å²) in [4.78, 5) is 27.7. The molecular formula is C28H41N3O4S. The number of rotatable bonds is 13. The summed E-state index contributed by atoms with van der Waals surface area (Å²) >= 11 is 0. The molecule has 0 saturated heterocycles. The van der Waals surface area contributed by atoms with Crippen molar-refractivity contribution in [3.8, 4) is 0 Å². The summed E-state index contributed by atoms with van der Waals surface area (Å²) in [5, 5.41) is 2.92. The molecule has 198 valence electrons. The van der Waals surface area contributed by atoms with E-state index in [-0.39, 0.29) is 24.8 Å². The zero-order chi connectivity index (χ0) is 26.9. The van der Waals surface area contributed by atoms with Crippen LogP contribution in [-0.4, -0.2) is 50.5 Å². The van der Waals surface area contributed by atoms with Crippen molar-refractivity contribution in [1.29, 1.82) is 0 Å². The van der Waals surface area contributed by atoms with E-state index in [1.807, 2.05) is 63.2 Å². The Hall–Kier alpha value is -2.87. The molecule has 0 spiro atoms. The summed E-state index contributed by atoms with van der Waals surface area (Å²) in [6, 6.07) is 12.9. The van der Waals surface area contributed by atoms with E-state index in [1.165, 1.54) is 10.6 Å². The number of sulfonamides is 1. The maximum Gasteiger partial charge on any atom is 0.242 e. The van der Waals surface area contributed by atoms with Gasteiger partial charge in [0.05, 0.1) is 11.9 Å². The van der Waals surface area contributed by atoms with Crippen molar-refractivity contribution in [2.45, 2.75) is 72.9 Å².